The van der Waals surface area contributed by atoms with Crippen molar-refractivity contribution in [3.63, 3.8) is 0 Å². The number of fused-ring (bicyclic) bond motifs is 3. The maximum Gasteiger partial charge on any atom is 0.303 e. The van der Waals surface area contributed by atoms with Gasteiger partial charge in [0, 0.05) is 34.8 Å². The quantitative estimate of drug-likeness (QED) is 0.236. The first-order valence-corrected chi connectivity index (χ1v) is 12.4. The Morgan fingerprint density at radius 2 is 0.968 bits per heavy atom. The van der Waals surface area contributed by atoms with Crippen molar-refractivity contribution >= 4 is 27.8 Å². The molecule has 0 spiro atoms. The van der Waals surface area contributed by atoms with E-state index in [9.17, 15) is 4.79 Å². The van der Waals surface area contributed by atoms with Gasteiger partial charge in [0.25, 0.3) is 0 Å². The highest BCUT2D eigenvalue weighted by atomic mass is 16.4. The van der Waals surface area contributed by atoms with Crippen LogP contribution in [0.1, 0.15) is 89.9 Å². The summed E-state index contributed by atoms with van der Waals surface area (Å²) >= 11 is 0. The zero-order valence-electron chi connectivity index (χ0n) is 19.0. The third-order valence-corrected chi connectivity index (χ3v) is 6.45. The lowest BCUT2D eigenvalue weighted by molar-refractivity contribution is -0.137. The largest absolute Gasteiger partial charge is 0.481 e. The number of para-hydroxylation sites is 2. The number of aryl methyl sites for hydroxylation is 1. The minimum absolute atomic E-state index is 0.332. The van der Waals surface area contributed by atoms with Crippen LogP contribution in [-0.4, -0.2) is 15.6 Å². The highest BCUT2D eigenvalue weighted by molar-refractivity contribution is 6.07. The average Bonchev–Trinajstić information content (AvgIpc) is 3.10. The lowest BCUT2D eigenvalue weighted by Crippen LogP contribution is -1.97. The molecule has 1 aromatic heterocycles. The standard InChI is InChI=1S/C28H39NO2/c30-28(31)22-12-10-8-6-4-2-1-3-5-7-9-11-17-23-29-26-20-15-13-18-24(26)25-19-14-16-21-27(25)29/h13-16,18-21H,1-12,17,22-23H2,(H,30,31). The van der Waals surface area contributed by atoms with Crippen molar-refractivity contribution in [3.8, 4) is 0 Å². The van der Waals surface area contributed by atoms with Crippen LogP contribution in [0.25, 0.3) is 21.8 Å². The molecule has 3 aromatic rings. The molecule has 0 aliphatic rings. The van der Waals surface area contributed by atoms with E-state index >= 15 is 0 Å². The molecule has 1 heterocycles. The fourth-order valence-electron chi connectivity index (χ4n) is 4.73. The first kappa shape index (κ1) is 23.4. The molecule has 0 amide bonds. The third-order valence-electron chi connectivity index (χ3n) is 6.45. The SMILES string of the molecule is O=C(O)CCCCCCCCCCCCCCCn1c2ccccc2c2ccccc21. The molecule has 0 aliphatic carbocycles. The lowest BCUT2D eigenvalue weighted by atomic mass is 10.0. The summed E-state index contributed by atoms with van der Waals surface area (Å²) in [5, 5.41) is 11.4. The number of rotatable bonds is 16. The summed E-state index contributed by atoms with van der Waals surface area (Å²) in [6.07, 6.45) is 16.7. The van der Waals surface area contributed by atoms with E-state index in [1.165, 1.54) is 92.4 Å². The molecule has 2 aromatic carbocycles. The Morgan fingerprint density at radius 3 is 1.42 bits per heavy atom. The van der Waals surface area contributed by atoms with Gasteiger partial charge < -0.3 is 9.67 Å². The highest BCUT2D eigenvalue weighted by Crippen LogP contribution is 2.29. The van der Waals surface area contributed by atoms with E-state index in [4.69, 9.17) is 5.11 Å². The monoisotopic (exact) mass is 421 g/mol. The number of nitrogens with zero attached hydrogens (tertiary/aromatic N) is 1. The van der Waals surface area contributed by atoms with E-state index in [0.29, 0.717) is 6.42 Å². The number of hydrogen-bond donors (Lipinski definition) is 1. The number of aromatic nitrogens is 1. The Morgan fingerprint density at radius 1 is 0.581 bits per heavy atom. The van der Waals surface area contributed by atoms with E-state index in [0.717, 1.165) is 19.4 Å². The maximum atomic E-state index is 10.5. The molecule has 0 unspecified atom stereocenters. The van der Waals surface area contributed by atoms with Crippen LogP contribution < -0.4 is 0 Å². The second-order valence-electron chi connectivity index (χ2n) is 8.93. The Balaban J connectivity index is 1.22. The molecule has 1 N–H and O–H groups in total. The summed E-state index contributed by atoms with van der Waals surface area (Å²) < 4.78 is 2.51. The van der Waals surface area contributed by atoms with Gasteiger partial charge in [0.05, 0.1) is 0 Å². The van der Waals surface area contributed by atoms with Crippen LogP contribution >= 0.6 is 0 Å². The molecule has 0 saturated heterocycles. The second-order valence-corrected chi connectivity index (χ2v) is 8.93. The van der Waals surface area contributed by atoms with Crippen molar-refractivity contribution in [2.24, 2.45) is 0 Å². The molecule has 0 bridgehead atoms. The number of unbranched alkanes of at least 4 members (excludes halogenated alkanes) is 12. The van der Waals surface area contributed by atoms with Crippen molar-refractivity contribution < 1.29 is 9.90 Å². The summed E-state index contributed by atoms with van der Waals surface area (Å²) in [6.45, 7) is 1.11. The molecule has 0 radical (unpaired) electrons. The zero-order valence-corrected chi connectivity index (χ0v) is 19.0. The van der Waals surface area contributed by atoms with Gasteiger partial charge in [-0.25, -0.2) is 0 Å². The number of hydrogen-bond acceptors (Lipinski definition) is 1. The average molecular weight is 422 g/mol. The highest BCUT2D eigenvalue weighted by Gasteiger charge is 2.08. The van der Waals surface area contributed by atoms with E-state index in [2.05, 4.69) is 53.1 Å². The van der Waals surface area contributed by atoms with Crippen LogP contribution in [0.3, 0.4) is 0 Å². The molecule has 168 valence electrons. The fourth-order valence-corrected chi connectivity index (χ4v) is 4.73. The molecule has 3 nitrogen and oxygen atoms in total. The zero-order chi connectivity index (χ0) is 21.7. The second kappa shape index (κ2) is 13.2. The van der Waals surface area contributed by atoms with Gasteiger partial charge in [0.15, 0.2) is 0 Å². The van der Waals surface area contributed by atoms with Crippen molar-refractivity contribution in [1.29, 1.82) is 0 Å². The minimum atomic E-state index is -0.660. The molecule has 3 heteroatoms. The van der Waals surface area contributed by atoms with Gasteiger partial charge in [-0.2, -0.15) is 0 Å². The van der Waals surface area contributed by atoms with Crippen LogP contribution in [0.5, 0.6) is 0 Å². The first-order chi connectivity index (χ1) is 15.3. The van der Waals surface area contributed by atoms with Crippen LogP contribution in [0.15, 0.2) is 48.5 Å². The Bertz CT molecular complexity index is 874. The number of carboxylic acids is 1. The summed E-state index contributed by atoms with van der Waals surface area (Å²) in [5.74, 6) is -0.660. The van der Waals surface area contributed by atoms with Crippen LogP contribution in [0.4, 0.5) is 0 Å². The van der Waals surface area contributed by atoms with E-state index in [1.807, 2.05) is 0 Å². The molecule has 0 aliphatic heterocycles. The molecule has 31 heavy (non-hydrogen) atoms. The van der Waals surface area contributed by atoms with Crippen molar-refractivity contribution in [2.75, 3.05) is 0 Å². The Kier molecular flexibility index (Phi) is 9.95. The fraction of sp³-hybridized carbons (Fsp3) is 0.536. The molecule has 0 saturated carbocycles. The van der Waals surface area contributed by atoms with Gasteiger partial charge in [0.2, 0.25) is 0 Å². The first-order valence-electron chi connectivity index (χ1n) is 12.4. The third kappa shape index (κ3) is 7.41. The lowest BCUT2D eigenvalue weighted by Gasteiger charge is -2.07. The van der Waals surface area contributed by atoms with Gasteiger partial charge in [-0.1, -0.05) is 107 Å². The maximum absolute atomic E-state index is 10.5. The number of carbonyl (C=O) groups is 1. The summed E-state index contributed by atoms with van der Waals surface area (Å²) in [6, 6.07) is 17.6. The molecule has 3 rings (SSSR count). The Labute approximate surface area is 187 Å². The van der Waals surface area contributed by atoms with Gasteiger partial charge >= 0.3 is 5.97 Å². The van der Waals surface area contributed by atoms with Crippen LogP contribution in [-0.2, 0) is 11.3 Å². The molecule has 0 atom stereocenters. The van der Waals surface area contributed by atoms with Gasteiger partial charge in [-0.15, -0.1) is 0 Å². The topological polar surface area (TPSA) is 42.2 Å². The van der Waals surface area contributed by atoms with Crippen molar-refractivity contribution in [3.05, 3.63) is 48.5 Å². The van der Waals surface area contributed by atoms with E-state index in [-0.39, 0.29) is 0 Å². The number of carboxylic acid groups (broad SMARTS) is 1. The van der Waals surface area contributed by atoms with Crippen LogP contribution in [0, 0.1) is 0 Å². The number of aliphatic carboxylic acids is 1. The summed E-state index contributed by atoms with van der Waals surface area (Å²) in [4.78, 5) is 10.5. The Hall–Kier alpha value is -2.29. The minimum Gasteiger partial charge on any atom is -0.481 e. The molecular formula is C28H39NO2. The van der Waals surface area contributed by atoms with E-state index in [1.54, 1.807) is 0 Å². The van der Waals surface area contributed by atoms with Crippen molar-refractivity contribution in [2.45, 2.75) is 96.4 Å². The van der Waals surface area contributed by atoms with Gasteiger partial charge in [0.1, 0.15) is 0 Å². The van der Waals surface area contributed by atoms with Gasteiger partial charge in [-0.05, 0) is 25.0 Å². The predicted octanol–water partition coefficient (Wildman–Crippen LogP) is 8.34. The smallest absolute Gasteiger partial charge is 0.303 e. The summed E-state index contributed by atoms with van der Waals surface area (Å²) in [7, 11) is 0. The number of benzene rings is 2. The predicted molar refractivity (Wildman–Crippen MR) is 132 cm³/mol. The molecular weight excluding hydrogens is 382 g/mol. The normalized spacial score (nSPS) is 11.5. The van der Waals surface area contributed by atoms with E-state index < -0.39 is 5.97 Å². The molecule has 0 fully saturated rings. The van der Waals surface area contributed by atoms with Crippen molar-refractivity contribution in [1.82, 2.24) is 4.57 Å². The summed E-state index contributed by atoms with van der Waals surface area (Å²) in [5.41, 5.74) is 2.73. The van der Waals surface area contributed by atoms with Gasteiger partial charge in [-0.3, -0.25) is 4.79 Å². The van der Waals surface area contributed by atoms with Crippen LogP contribution in [0.2, 0.25) is 0 Å².